The molecule has 7 nitrogen and oxygen atoms in total. The largest absolute Gasteiger partial charge is 0.336 e. The number of imidazole rings is 1. The standard InChI is InChI=1S/C17H21N5O2/c1-20(13-7-6-8-18-11-13)16(23)14-12-19-15(21(14)2)17(24)22-9-4-3-5-10-22/h6-8,11-12H,3-5,9-10H2,1-2H3. The van der Waals surface area contributed by atoms with Crippen molar-refractivity contribution in [2.24, 2.45) is 7.05 Å². The maximum atomic E-state index is 12.7. The molecule has 0 spiro atoms. The Labute approximate surface area is 140 Å². The number of nitrogens with zero attached hydrogens (tertiary/aromatic N) is 5. The van der Waals surface area contributed by atoms with E-state index < -0.39 is 0 Å². The SMILES string of the molecule is CN(C(=O)c1cnc(C(=O)N2CCCCC2)n1C)c1cccnc1. The summed E-state index contributed by atoms with van der Waals surface area (Å²) in [5.74, 6) is -0.0317. The third-order valence-electron chi connectivity index (χ3n) is 4.38. The van der Waals surface area contributed by atoms with Crippen LogP contribution in [0.15, 0.2) is 30.7 Å². The lowest BCUT2D eigenvalue weighted by molar-refractivity contribution is 0.0708. The molecule has 2 aromatic heterocycles. The van der Waals surface area contributed by atoms with E-state index in [1.807, 2.05) is 4.90 Å². The molecule has 0 N–H and O–H groups in total. The number of amides is 2. The first-order valence-electron chi connectivity index (χ1n) is 8.08. The molecule has 1 saturated heterocycles. The number of hydrogen-bond acceptors (Lipinski definition) is 4. The minimum atomic E-state index is -0.226. The number of aromatic nitrogens is 3. The first-order valence-corrected chi connectivity index (χ1v) is 8.08. The first kappa shape index (κ1) is 16.2. The quantitative estimate of drug-likeness (QED) is 0.860. The molecule has 1 aliphatic rings. The molecule has 24 heavy (non-hydrogen) atoms. The highest BCUT2D eigenvalue weighted by Gasteiger charge is 2.26. The Kier molecular flexibility index (Phi) is 4.59. The highest BCUT2D eigenvalue weighted by atomic mass is 16.2. The molecular formula is C17H21N5O2. The topological polar surface area (TPSA) is 71.3 Å². The molecule has 126 valence electrons. The molecule has 3 heterocycles. The van der Waals surface area contributed by atoms with E-state index in [2.05, 4.69) is 9.97 Å². The lowest BCUT2D eigenvalue weighted by Crippen LogP contribution is -2.37. The van der Waals surface area contributed by atoms with Gasteiger partial charge in [0.1, 0.15) is 5.69 Å². The van der Waals surface area contributed by atoms with Gasteiger partial charge in [-0.3, -0.25) is 14.6 Å². The van der Waals surface area contributed by atoms with Crippen LogP contribution in [0.2, 0.25) is 0 Å². The van der Waals surface area contributed by atoms with Gasteiger partial charge in [0.05, 0.1) is 18.1 Å². The average Bonchev–Trinajstić information content (AvgIpc) is 3.02. The Hall–Kier alpha value is -2.70. The second kappa shape index (κ2) is 6.82. The fourth-order valence-electron chi connectivity index (χ4n) is 2.89. The van der Waals surface area contributed by atoms with Gasteiger partial charge in [-0.15, -0.1) is 0 Å². The molecule has 0 aliphatic carbocycles. The second-order valence-corrected chi connectivity index (χ2v) is 5.95. The maximum absolute atomic E-state index is 12.7. The summed E-state index contributed by atoms with van der Waals surface area (Å²) in [4.78, 5) is 36.8. The van der Waals surface area contributed by atoms with Crippen molar-refractivity contribution in [2.45, 2.75) is 19.3 Å². The lowest BCUT2D eigenvalue weighted by Gasteiger charge is -2.26. The van der Waals surface area contributed by atoms with Crippen molar-refractivity contribution in [3.63, 3.8) is 0 Å². The Morgan fingerprint density at radius 1 is 1.17 bits per heavy atom. The van der Waals surface area contributed by atoms with Gasteiger partial charge in [0.2, 0.25) is 0 Å². The van der Waals surface area contributed by atoms with Crippen LogP contribution in [0.1, 0.15) is 40.4 Å². The second-order valence-electron chi connectivity index (χ2n) is 5.95. The molecule has 7 heteroatoms. The summed E-state index contributed by atoms with van der Waals surface area (Å²) >= 11 is 0. The highest BCUT2D eigenvalue weighted by molar-refractivity contribution is 6.05. The van der Waals surface area contributed by atoms with Crippen LogP contribution in [-0.4, -0.2) is 51.4 Å². The number of hydrogen-bond donors (Lipinski definition) is 0. The van der Waals surface area contributed by atoms with Gasteiger partial charge in [-0.2, -0.15) is 0 Å². The zero-order valence-electron chi connectivity index (χ0n) is 14.0. The summed E-state index contributed by atoms with van der Waals surface area (Å²) in [5, 5.41) is 0. The van der Waals surface area contributed by atoms with Crippen molar-refractivity contribution < 1.29 is 9.59 Å². The van der Waals surface area contributed by atoms with Crippen molar-refractivity contribution in [3.8, 4) is 0 Å². The molecule has 0 radical (unpaired) electrons. The van der Waals surface area contributed by atoms with Gasteiger partial charge < -0.3 is 14.4 Å². The molecular weight excluding hydrogens is 306 g/mol. The first-order chi connectivity index (χ1) is 11.6. The Morgan fingerprint density at radius 3 is 2.58 bits per heavy atom. The number of carbonyl (C=O) groups is 2. The van der Waals surface area contributed by atoms with E-state index in [0.717, 1.165) is 32.4 Å². The molecule has 0 unspecified atom stereocenters. The summed E-state index contributed by atoms with van der Waals surface area (Å²) in [6.07, 6.45) is 7.93. The molecule has 0 saturated carbocycles. The number of pyridine rings is 1. The van der Waals surface area contributed by atoms with Gasteiger partial charge >= 0.3 is 0 Å². The third-order valence-corrected chi connectivity index (χ3v) is 4.38. The predicted molar refractivity (Wildman–Crippen MR) is 89.9 cm³/mol. The summed E-state index contributed by atoms with van der Waals surface area (Å²) < 4.78 is 1.58. The molecule has 0 bridgehead atoms. The monoisotopic (exact) mass is 327 g/mol. The van der Waals surface area contributed by atoms with Gasteiger partial charge in [0.15, 0.2) is 5.82 Å². The van der Waals surface area contributed by atoms with E-state index in [1.54, 1.807) is 43.2 Å². The number of carbonyl (C=O) groups excluding carboxylic acids is 2. The number of likely N-dealkylation sites (tertiary alicyclic amines) is 1. The zero-order chi connectivity index (χ0) is 17.1. The molecule has 1 aliphatic heterocycles. The zero-order valence-corrected chi connectivity index (χ0v) is 14.0. The summed E-state index contributed by atoms with van der Waals surface area (Å²) in [7, 11) is 3.38. The van der Waals surface area contributed by atoms with Crippen LogP contribution < -0.4 is 4.90 Å². The van der Waals surface area contributed by atoms with Crippen LogP contribution >= 0.6 is 0 Å². The lowest BCUT2D eigenvalue weighted by atomic mass is 10.1. The fourth-order valence-corrected chi connectivity index (χ4v) is 2.89. The van der Waals surface area contributed by atoms with Gasteiger partial charge in [-0.25, -0.2) is 4.98 Å². The minimum Gasteiger partial charge on any atom is -0.336 e. The third kappa shape index (κ3) is 3.02. The maximum Gasteiger partial charge on any atom is 0.289 e. The van der Waals surface area contributed by atoms with Crippen molar-refractivity contribution in [3.05, 3.63) is 42.2 Å². The number of piperidine rings is 1. The van der Waals surface area contributed by atoms with E-state index >= 15 is 0 Å². The predicted octanol–water partition coefficient (Wildman–Crippen LogP) is 1.72. The molecule has 0 atom stereocenters. The van der Waals surface area contributed by atoms with Gasteiger partial charge in [-0.05, 0) is 31.4 Å². The van der Waals surface area contributed by atoms with Gasteiger partial charge in [0, 0.05) is 33.4 Å². The molecule has 2 amide bonds. The van der Waals surface area contributed by atoms with E-state index in [9.17, 15) is 9.59 Å². The summed E-state index contributed by atoms with van der Waals surface area (Å²) in [6.45, 7) is 1.51. The van der Waals surface area contributed by atoms with Crippen molar-refractivity contribution in [1.29, 1.82) is 0 Å². The fraction of sp³-hybridized carbons (Fsp3) is 0.412. The summed E-state index contributed by atoms with van der Waals surface area (Å²) in [5.41, 5.74) is 1.06. The Morgan fingerprint density at radius 2 is 1.92 bits per heavy atom. The summed E-state index contributed by atoms with van der Waals surface area (Å²) in [6, 6.07) is 3.58. The number of anilines is 1. The van der Waals surface area contributed by atoms with Crippen LogP contribution in [-0.2, 0) is 7.05 Å². The van der Waals surface area contributed by atoms with Crippen LogP contribution in [0.25, 0.3) is 0 Å². The normalized spacial score (nSPS) is 14.5. The molecule has 1 fully saturated rings. The smallest absolute Gasteiger partial charge is 0.289 e. The van der Waals surface area contributed by atoms with E-state index in [4.69, 9.17) is 0 Å². The minimum absolute atomic E-state index is 0.111. The molecule has 0 aromatic carbocycles. The van der Waals surface area contributed by atoms with Gasteiger partial charge in [-0.1, -0.05) is 0 Å². The Balaban J connectivity index is 1.81. The van der Waals surface area contributed by atoms with Gasteiger partial charge in [0.25, 0.3) is 11.8 Å². The van der Waals surface area contributed by atoms with Crippen LogP contribution in [0.5, 0.6) is 0 Å². The van der Waals surface area contributed by atoms with Crippen LogP contribution in [0.4, 0.5) is 5.69 Å². The van der Waals surface area contributed by atoms with E-state index in [1.165, 1.54) is 11.1 Å². The van der Waals surface area contributed by atoms with Crippen molar-refractivity contribution >= 4 is 17.5 Å². The Bertz CT molecular complexity index is 735. The van der Waals surface area contributed by atoms with E-state index in [-0.39, 0.29) is 11.8 Å². The highest BCUT2D eigenvalue weighted by Crippen LogP contribution is 2.16. The van der Waals surface area contributed by atoms with Crippen molar-refractivity contribution in [1.82, 2.24) is 19.4 Å². The van der Waals surface area contributed by atoms with Crippen LogP contribution in [0.3, 0.4) is 0 Å². The van der Waals surface area contributed by atoms with Crippen LogP contribution in [0, 0.1) is 0 Å². The number of rotatable bonds is 3. The average molecular weight is 327 g/mol. The molecule has 3 rings (SSSR count). The van der Waals surface area contributed by atoms with Crippen molar-refractivity contribution in [2.75, 3.05) is 25.0 Å². The molecule has 2 aromatic rings. The van der Waals surface area contributed by atoms with E-state index in [0.29, 0.717) is 17.2 Å².